The van der Waals surface area contributed by atoms with Crippen molar-refractivity contribution >= 4 is 34.6 Å². The topological polar surface area (TPSA) is 91.0 Å². The van der Waals surface area contributed by atoms with Crippen LogP contribution in [0.1, 0.15) is 19.8 Å². The lowest BCUT2D eigenvalue weighted by molar-refractivity contribution is -0.119. The molecular weight excluding hydrogens is 385 g/mol. The highest BCUT2D eigenvalue weighted by Crippen LogP contribution is 2.27. The first-order valence-electron chi connectivity index (χ1n) is 9.98. The number of primary amides is 1. The van der Waals surface area contributed by atoms with Gasteiger partial charge in [0.05, 0.1) is 5.69 Å². The van der Waals surface area contributed by atoms with Crippen LogP contribution in [0, 0.1) is 11.7 Å². The summed E-state index contributed by atoms with van der Waals surface area (Å²) in [4.78, 5) is 26.9. The maximum atomic E-state index is 13.2. The van der Waals surface area contributed by atoms with E-state index in [1.54, 1.807) is 0 Å². The molecule has 0 radical (unpaired) electrons. The highest BCUT2D eigenvalue weighted by molar-refractivity contribution is 6.44. The van der Waals surface area contributed by atoms with Crippen LogP contribution in [-0.4, -0.2) is 36.7 Å². The summed E-state index contributed by atoms with van der Waals surface area (Å²) in [5.74, 6) is -0.710. The van der Waals surface area contributed by atoms with Crippen molar-refractivity contribution in [2.24, 2.45) is 16.8 Å². The van der Waals surface area contributed by atoms with Crippen molar-refractivity contribution in [3.8, 4) is 0 Å². The van der Waals surface area contributed by atoms with Gasteiger partial charge in [0.2, 0.25) is 5.91 Å². The van der Waals surface area contributed by atoms with Crippen LogP contribution in [0.3, 0.4) is 0 Å². The van der Waals surface area contributed by atoms with E-state index in [2.05, 4.69) is 22.2 Å². The summed E-state index contributed by atoms with van der Waals surface area (Å²) >= 11 is 0. The molecule has 156 valence electrons. The molecule has 0 bridgehead atoms. The zero-order valence-corrected chi connectivity index (χ0v) is 16.7. The quantitative estimate of drug-likeness (QED) is 0.794. The third kappa shape index (κ3) is 4.12. The number of anilines is 3. The molecule has 2 heterocycles. The van der Waals surface area contributed by atoms with E-state index in [0.29, 0.717) is 17.3 Å². The molecule has 0 aliphatic carbocycles. The fourth-order valence-corrected chi connectivity index (χ4v) is 3.83. The van der Waals surface area contributed by atoms with Gasteiger partial charge in [0.15, 0.2) is 0 Å². The fraction of sp³-hybridized carbons (Fsp3) is 0.318. The molecule has 8 heteroatoms. The number of benzene rings is 2. The second-order valence-corrected chi connectivity index (χ2v) is 7.83. The van der Waals surface area contributed by atoms with Crippen molar-refractivity contribution in [2.75, 3.05) is 28.3 Å². The number of halogens is 1. The van der Waals surface area contributed by atoms with Crippen molar-refractivity contribution < 1.29 is 14.0 Å². The van der Waals surface area contributed by atoms with Gasteiger partial charge in [0, 0.05) is 30.9 Å². The number of amides is 2. The number of nitrogens with zero attached hydrogens (tertiary/aromatic N) is 3. The Kier molecular flexibility index (Phi) is 5.39. The van der Waals surface area contributed by atoms with E-state index in [-0.39, 0.29) is 12.1 Å². The van der Waals surface area contributed by atoms with Gasteiger partial charge in [-0.15, -0.1) is 0 Å². The predicted octanol–water partition coefficient (Wildman–Crippen LogP) is 2.73. The van der Waals surface area contributed by atoms with Gasteiger partial charge in [0.25, 0.3) is 5.91 Å². The summed E-state index contributed by atoms with van der Waals surface area (Å²) in [6, 6.07) is 12.4. The summed E-state index contributed by atoms with van der Waals surface area (Å²) in [7, 11) is 0. The standard InChI is InChI=1S/C22H24FN5O2/c1-14-10-11-27(13-14)17-8-4-16(5-9-17)25-22(30)19-12-20(21(24)29)28(26-19)18-6-2-15(23)3-7-18/h2-9,14,20H,10-13H2,1H3,(H2,24,29)(H,25,30). The van der Waals surface area contributed by atoms with E-state index in [0.717, 1.165) is 18.8 Å². The zero-order valence-electron chi connectivity index (χ0n) is 16.7. The Morgan fingerprint density at radius 3 is 2.37 bits per heavy atom. The van der Waals surface area contributed by atoms with E-state index < -0.39 is 23.7 Å². The van der Waals surface area contributed by atoms with Gasteiger partial charge >= 0.3 is 0 Å². The van der Waals surface area contributed by atoms with Crippen LogP contribution in [-0.2, 0) is 9.59 Å². The Morgan fingerprint density at radius 1 is 1.10 bits per heavy atom. The maximum absolute atomic E-state index is 13.2. The average Bonchev–Trinajstić information content (AvgIpc) is 3.36. The number of hydrazone groups is 1. The minimum absolute atomic E-state index is 0.0856. The summed E-state index contributed by atoms with van der Waals surface area (Å²) in [5, 5.41) is 8.48. The summed E-state index contributed by atoms with van der Waals surface area (Å²) in [6.45, 7) is 4.32. The third-order valence-electron chi connectivity index (χ3n) is 5.51. The number of rotatable bonds is 5. The second kappa shape index (κ2) is 8.14. The van der Waals surface area contributed by atoms with Gasteiger partial charge in [0.1, 0.15) is 17.6 Å². The molecule has 2 aliphatic rings. The largest absolute Gasteiger partial charge is 0.371 e. The van der Waals surface area contributed by atoms with E-state index >= 15 is 0 Å². The summed E-state index contributed by atoms with van der Waals surface area (Å²) in [5.41, 5.74) is 7.96. The Bertz CT molecular complexity index is 974. The Labute approximate surface area is 174 Å². The molecule has 2 amide bonds. The van der Waals surface area contributed by atoms with Crippen LogP contribution < -0.4 is 21.0 Å². The number of nitrogens with two attached hydrogens (primary N) is 1. The van der Waals surface area contributed by atoms with Crippen molar-refractivity contribution in [3.63, 3.8) is 0 Å². The average molecular weight is 409 g/mol. The molecule has 2 aliphatic heterocycles. The van der Waals surface area contributed by atoms with E-state index in [4.69, 9.17) is 5.73 Å². The maximum Gasteiger partial charge on any atom is 0.271 e. The van der Waals surface area contributed by atoms with Gasteiger partial charge in [-0.25, -0.2) is 4.39 Å². The van der Waals surface area contributed by atoms with Crippen molar-refractivity contribution in [2.45, 2.75) is 25.8 Å². The zero-order chi connectivity index (χ0) is 21.3. The van der Waals surface area contributed by atoms with Gasteiger partial charge in [-0.3, -0.25) is 14.6 Å². The first-order valence-corrected chi connectivity index (χ1v) is 9.98. The van der Waals surface area contributed by atoms with Gasteiger partial charge in [-0.05, 0) is 60.9 Å². The number of nitrogens with one attached hydrogen (secondary N) is 1. The van der Waals surface area contributed by atoms with E-state index in [1.165, 1.54) is 35.7 Å². The SMILES string of the molecule is CC1CCN(c2ccc(NC(=O)C3=NN(c4ccc(F)cc4)C(C(N)=O)C3)cc2)C1. The van der Waals surface area contributed by atoms with E-state index in [1.807, 2.05) is 24.3 Å². The lowest BCUT2D eigenvalue weighted by atomic mass is 10.1. The molecule has 7 nitrogen and oxygen atoms in total. The number of carbonyl (C=O) groups excluding carboxylic acids is 2. The molecule has 0 saturated carbocycles. The molecule has 0 aromatic heterocycles. The van der Waals surface area contributed by atoms with Crippen LogP contribution in [0.4, 0.5) is 21.5 Å². The van der Waals surface area contributed by atoms with Crippen LogP contribution in [0.15, 0.2) is 53.6 Å². The van der Waals surface area contributed by atoms with Crippen LogP contribution in [0.25, 0.3) is 0 Å². The molecule has 2 atom stereocenters. The molecule has 30 heavy (non-hydrogen) atoms. The molecule has 1 fully saturated rings. The lowest BCUT2D eigenvalue weighted by Crippen LogP contribution is -2.39. The molecular formula is C22H24FN5O2. The fourth-order valence-electron chi connectivity index (χ4n) is 3.83. The molecule has 2 unspecified atom stereocenters. The molecule has 4 rings (SSSR count). The molecule has 1 saturated heterocycles. The van der Waals surface area contributed by atoms with Crippen LogP contribution in [0.2, 0.25) is 0 Å². The minimum Gasteiger partial charge on any atom is -0.371 e. The lowest BCUT2D eigenvalue weighted by Gasteiger charge is -2.20. The summed E-state index contributed by atoms with van der Waals surface area (Å²) < 4.78 is 13.2. The highest BCUT2D eigenvalue weighted by Gasteiger charge is 2.35. The summed E-state index contributed by atoms with van der Waals surface area (Å²) in [6.07, 6.45) is 1.27. The van der Waals surface area contributed by atoms with Gasteiger partial charge in [-0.1, -0.05) is 6.92 Å². The first kappa shape index (κ1) is 19.9. The predicted molar refractivity (Wildman–Crippen MR) is 115 cm³/mol. The molecule has 3 N–H and O–H groups in total. The Balaban J connectivity index is 1.46. The molecule has 0 spiro atoms. The normalized spacial score (nSPS) is 20.9. The highest BCUT2D eigenvalue weighted by atomic mass is 19.1. The van der Waals surface area contributed by atoms with E-state index in [9.17, 15) is 14.0 Å². The van der Waals surface area contributed by atoms with Crippen molar-refractivity contribution in [1.29, 1.82) is 0 Å². The van der Waals surface area contributed by atoms with Crippen LogP contribution in [0.5, 0.6) is 0 Å². The minimum atomic E-state index is -0.796. The third-order valence-corrected chi connectivity index (χ3v) is 5.51. The number of hydrogen-bond acceptors (Lipinski definition) is 5. The monoisotopic (exact) mass is 409 g/mol. The smallest absolute Gasteiger partial charge is 0.271 e. The van der Waals surface area contributed by atoms with Crippen molar-refractivity contribution in [3.05, 3.63) is 54.3 Å². The number of carbonyl (C=O) groups is 2. The second-order valence-electron chi connectivity index (χ2n) is 7.83. The Hall–Kier alpha value is -3.42. The van der Waals surface area contributed by atoms with Crippen molar-refractivity contribution in [1.82, 2.24) is 0 Å². The molecule has 2 aromatic carbocycles. The van der Waals surface area contributed by atoms with Gasteiger partial charge < -0.3 is 16.0 Å². The molecule has 2 aromatic rings. The Morgan fingerprint density at radius 2 is 1.77 bits per heavy atom. The van der Waals surface area contributed by atoms with Crippen LogP contribution >= 0.6 is 0 Å². The first-order chi connectivity index (χ1) is 14.4. The van der Waals surface area contributed by atoms with Gasteiger partial charge in [-0.2, -0.15) is 5.10 Å². The number of hydrogen-bond donors (Lipinski definition) is 2.